The van der Waals surface area contributed by atoms with Crippen molar-refractivity contribution in [2.75, 3.05) is 29.5 Å². The largest absolute Gasteiger partial charge is 0.370 e. The monoisotopic (exact) mass is 301 g/mol. The fourth-order valence-electron chi connectivity index (χ4n) is 1.58. The second-order valence-corrected chi connectivity index (χ2v) is 6.22. The molecule has 0 spiro atoms. The molecule has 0 aliphatic heterocycles. The molecular weight excluding hydrogens is 278 g/mol. The number of nitrogens with zero attached hydrogens (tertiary/aromatic N) is 2. The molecule has 0 saturated carbocycles. The van der Waals surface area contributed by atoms with Crippen molar-refractivity contribution in [3.63, 3.8) is 0 Å². The van der Waals surface area contributed by atoms with E-state index in [0.717, 1.165) is 31.0 Å². The van der Waals surface area contributed by atoms with Crippen molar-refractivity contribution < 1.29 is 8.42 Å². The van der Waals surface area contributed by atoms with Crippen LogP contribution in [0.4, 0.5) is 11.6 Å². The first-order valence-electron chi connectivity index (χ1n) is 6.80. The lowest BCUT2D eigenvalue weighted by Crippen LogP contribution is -2.19. The summed E-state index contributed by atoms with van der Waals surface area (Å²) >= 11 is 0. The molecule has 1 aromatic heterocycles. The van der Waals surface area contributed by atoms with Crippen molar-refractivity contribution >= 4 is 21.7 Å². The van der Waals surface area contributed by atoms with Crippen molar-refractivity contribution in [3.8, 4) is 0 Å². The van der Waals surface area contributed by atoms with E-state index >= 15 is 0 Å². The van der Waals surface area contributed by atoms with E-state index in [2.05, 4.69) is 27.5 Å². The molecule has 0 atom stereocenters. The lowest BCUT2D eigenvalue weighted by Gasteiger charge is -2.10. The van der Waals surface area contributed by atoms with E-state index in [1.54, 1.807) is 0 Å². The standard InChI is InChI=1S/C12H23N5O2S/c1-3-6-14-11-9-12(17-10(4-2)16-11)15-7-5-8-20(13,18)19/h9H,3-8H2,1-2H3,(H2,13,18,19)(H2,14,15,16,17). The Morgan fingerprint density at radius 3 is 2.25 bits per heavy atom. The topological polar surface area (TPSA) is 110 Å². The third kappa shape index (κ3) is 6.67. The van der Waals surface area contributed by atoms with Crippen LogP contribution in [-0.2, 0) is 16.4 Å². The number of aromatic nitrogens is 2. The molecule has 114 valence electrons. The summed E-state index contributed by atoms with van der Waals surface area (Å²) in [5, 5.41) is 11.3. The molecule has 0 amide bonds. The average molecular weight is 301 g/mol. The summed E-state index contributed by atoms with van der Waals surface area (Å²) in [5.41, 5.74) is 0. The van der Waals surface area contributed by atoms with Crippen LogP contribution >= 0.6 is 0 Å². The second kappa shape index (κ2) is 8.01. The van der Waals surface area contributed by atoms with Gasteiger partial charge in [0.2, 0.25) is 10.0 Å². The first kappa shape index (κ1) is 16.6. The molecule has 0 unspecified atom stereocenters. The van der Waals surface area contributed by atoms with Crippen molar-refractivity contribution in [2.24, 2.45) is 5.14 Å². The summed E-state index contributed by atoms with van der Waals surface area (Å²) in [6, 6.07) is 1.83. The lowest BCUT2D eigenvalue weighted by molar-refractivity contribution is 0.595. The SMILES string of the molecule is CCCNc1cc(NCCCS(N)(=O)=O)nc(CC)n1. The van der Waals surface area contributed by atoms with Gasteiger partial charge in [-0.25, -0.2) is 23.5 Å². The maximum Gasteiger partial charge on any atom is 0.209 e. The molecule has 8 heteroatoms. The zero-order valence-electron chi connectivity index (χ0n) is 12.0. The normalized spacial score (nSPS) is 11.3. The van der Waals surface area contributed by atoms with Gasteiger partial charge in [0.25, 0.3) is 0 Å². The Kier molecular flexibility index (Phi) is 6.66. The Morgan fingerprint density at radius 2 is 1.75 bits per heavy atom. The van der Waals surface area contributed by atoms with E-state index in [9.17, 15) is 8.42 Å². The molecule has 1 heterocycles. The first-order valence-corrected chi connectivity index (χ1v) is 8.52. The van der Waals surface area contributed by atoms with Crippen molar-refractivity contribution in [1.82, 2.24) is 9.97 Å². The molecule has 0 radical (unpaired) electrons. The second-order valence-electron chi connectivity index (χ2n) is 4.48. The minimum absolute atomic E-state index is 0.0351. The van der Waals surface area contributed by atoms with Crippen LogP contribution < -0.4 is 15.8 Å². The van der Waals surface area contributed by atoms with Crippen LogP contribution in [0.1, 0.15) is 32.5 Å². The Hall–Kier alpha value is -1.41. The maximum absolute atomic E-state index is 10.8. The Labute approximate surface area is 120 Å². The number of nitrogens with one attached hydrogen (secondary N) is 2. The highest BCUT2D eigenvalue weighted by Crippen LogP contribution is 2.12. The van der Waals surface area contributed by atoms with Gasteiger partial charge in [0.05, 0.1) is 5.75 Å². The van der Waals surface area contributed by atoms with Crippen molar-refractivity contribution in [1.29, 1.82) is 0 Å². The molecule has 0 aliphatic rings. The van der Waals surface area contributed by atoms with Crippen LogP contribution in [-0.4, -0.2) is 37.2 Å². The number of anilines is 2. The molecule has 20 heavy (non-hydrogen) atoms. The average Bonchev–Trinajstić information content (AvgIpc) is 2.40. The highest BCUT2D eigenvalue weighted by Gasteiger charge is 2.05. The van der Waals surface area contributed by atoms with Gasteiger partial charge in [-0.05, 0) is 12.8 Å². The third-order valence-electron chi connectivity index (χ3n) is 2.56. The molecule has 4 N–H and O–H groups in total. The number of nitrogens with two attached hydrogens (primary N) is 1. The Bertz CT molecular complexity index is 519. The van der Waals surface area contributed by atoms with Gasteiger partial charge >= 0.3 is 0 Å². The van der Waals surface area contributed by atoms with Crippen LogP contribution in [0.2, 0.25) is 0 Å². The van der Waals surface area contributed by atoms with Gasteiger partial charge < -0.3 is 10.6 Å². The van der Waals surface area contributed by atoms with E-state index in [-0.39, 0.29) is 5.75 Å². The Morgan fingerprint density at radius 1 is 1.15 bits per heavy atom. The minimum atomic E-state index is -3.40. The molecule has 0 aromatic carbocycles. The molecule has 7 nitrogen and oxygen atoms in total. The number of primary sulfonamides is 1. The van der Waals surface area contributed by atoms with Crippen LogP contribution in [0.15, 0.2) is 6.07 Å². The van der Waals surface area contributed by atoms with Crippen LogP contribution in [0.25, 0.3) is 0 Å². The third-order valence-corrected chi connectivity index (χ3v) is 3.41. The van der Waals surface area contributed by atoms with Crippen molar-refractivity contribution in [2.45, 2.75) is 33.1 Å². The summed E-state index contributed by atoms with van der Waals surface area (Å²) in [7, 11) is -3.40. The van der Waals surface area contributed by atoms with Crippen LogP contribution in [0.3, 0.4) is 0 Å². The summed E-state index contributed by atoms with van der Waals surface area (Å²) in [6.07, 6.45) is 2.21. The number of hydrogen-bond acceptors (Lipinski definition) is 6. The van der Waals surface area contributed by atoms with Crippen molar-refractivity contribution in [3.05, 3.63) is 11.9 Å². The van der Waals surface area contributed by atoms with E-state index < -0.39 is 10.0 Å². The summed E-state index contributed by atoms with van der Waals surface area (Å²) in [4.78, 5) is 8.73. The number of rotatable bonds is 9. The van der Waals surface area contributed by atoms with E-state index in [1.807, 2.05) is 13.0 Å². The molecule has 0 fully saturated rings. The lowest BCUT2D eigenvalue weighted by atomic mass is 10.4. The number of hydrogen-bond donors (Lipinski definition) is 3. The van der Waals surface area contributed by atoms with Gasteiger partial charge in [0.1, 0.15) is 17.5 Å². The zero-order valence-corrected chi connectivity index (χ0v) is 12.8. The summed E-state index contributed by atoms with van der Waals surface area (Å²) in [5.74, 6) is 2.20. The van der Waals surface area contributed by atoms with E-state index in [1.165, 1.54) is 0 Å². The summed E-state index contributed by atoms with van der Waals surface area (Å²) < 4.78 is 21.7. The molecule has 1 rings (SSSR count). The van der Waals surface area contributed by atoms with Gasteiger partial charge in [-0.3, -0.25) is 0 Å². The maximum atomic E-state index is 10.8. The highest BCUT2D eigenvalue weighted by atomic mass is 32.2. The summed E-state index contributed by atoms with van der Waals surface area (Å²) in [6.45, 7) is 5.43. The van der Waals surface area contributed by atoms with Gasteiger partial charge in [-0.1, -0.05) is 13.8 Å². The predicted octanol–water partition coefficient (Wildman–Crippen LogP) is 0.951. The molecular formula is C12H23N5O2S. The van der Waals surface area contributed by atoms with Crippen LogP contribution in [0.5, 0.6) is 0 Å². The fourth-order valence-corrected chi connectivity index (χ4v) is 2.13. The molecule has 0 saturated heterocycles. The van der Waals surface area contributed by atoms with Gasteiger partial charge in [0.15, 0.2) is 0 Å². The predicted molar refractivity (Wildman–Crippen MR) is 81.3 cm³/mol. The fraction of sp³-hybridized carbons (Fsp3) is 0.667. The van der Waals surface area contributed by atoms with E-state index in [4.69, 9.17) is 5.14 Å². The smallest absolute Gasteiger partial charge is 0.209 e. The van der Waals surface area contributed by atoms with Gasteiger partial charge in [-0.2, -0.15) is 0 Å². The molecule has 0 bridgehead atoms. The highest BCUT2D eigenvalue weighted by molar-refractivity contribution is 7.89. The molecule has 0 aliphatic carbocycles. The minimum Gasteiger partial charge on any atom is -0.370 e. The first-order chi connectivity index (χ1) is 9.44. The van der Waals surface area contributed by atoms with Gasteiger partial charge in [0, 0.05) is 25.6 Å². The quantitative estimate of drug-likeness (QED) is 0.586. The number of aryl methyl sites for hydroxylation is 1. The zero-order chi connectivity index (χ0) is 15.0. The van der Waals surface area contributed by atoms with E-state index in [0.29, 0.717) is 18.8 Å². The Balaban J connectivity index is 2.59. The van der Waals surface area contributed by atoms with Gasteiger partial charge in [-0.15, -0.1) is 0 Å². The van der Waals surface area contributed by atoms with Crippen LogP contribution in [0, 0.1) is 0 Å². The number of sulfonamides is 1. The molecule has 1 aromatic rings.